The topological polar surface area (TPSA) is 12.0 Å². The molecule has 1 nitrogen and oxygen atoms in total. The molecule has 2 atom stereocenters. The maximum atomic E-state index is 6.33. The fourth-order valence-electron chi connectivity index (χ4n) is 3.65. The third kappa shape index (κ3) is 3.65. The Hall–Kier alpha value is -2.61. The minimum absolute atomic E-state index is 0.674. The predicted octanol–water partition coefficient (Wildman–Crippen LogP) is 5.63. The minimum atomic E-state index is 0.674. The van der Waals surface area contributed by atoms with Gasteiger partial charge in [-0.25, -0.2) is 0 Å². The maximum absolute atomic E-state index is 6.33. The second-order valence-corrected chi connectivity index (χ2v) is 7.12. The molecule has 0 spiro atoms. The molecule has 1 aliphatic rings. The van der Waals surface area contributed by atoms with Crippen LogP contribution in [0.5, 0.6) is 0 Å². The van der Waals surface area contributed by atoms with Crippen LogP contribution in [0.4, 0.5) is 5.69 Å². The van der Waals surface area contributed by atoms with Crippen LogP contribution in [-0.4, -0.2) is 13.1 Å². The summed E-state index contributed by atoms with van der Waals surface area (Å²) in [4.78, 5) is 0. The molecule has 4 rings (SSSR count). The van der Waals surface area contributed by atoms with E-state index >= 15 is 0 Å². The zero-order valence-electron chi connectivity index (χ0n) is 15.2. The van der Waals surface area contributed by atoms with Crippen molar-refractivity contribution < 1.29 is 0 Å². The van der Waals surface area contributed by atoms with Gasteiger partial charge in [0.25, 0.3) is 0 Å². The van der Waals surface area contributed by atoms with E-state index in [2.05, 4.69) is 72.9 Å². The average Bonchev–Trinajstić information content (AvgIpc) is 3.49. The van der Waals surface area contributed by atoms with Crippen molar-refractivity contribution in [2.75, 3.05) is 5.32 Å². The Morgan fingerprint density at radius 3 is 2.35 bits per heavy atom. The van der Waals surface area contributed by atoms with Crippen LogP contribution in [0.2, 0.25) is 0 Å². The van der Waals surface area contributed by atoms with Crippen molar-refractivity contribution in [2.45, 2.75) is 25.7 Å². The molecule has 127 valence electrons. The van der Waals surface area contributed by atoms with Gasteiger partial charge in [-0.05, 0) is 0 Å². The summed E-state index contributed by atoms with van der Waals surface area (Å²) in [6.45, 7) is 2.28. The van der Waals surface area contributed by atoms with Crippen LogP contribution in [0.15, 0.2) is 78.9 Å². The predicted molar refractivity (Wildman–Crippen MR) is 113 cm³/mol. The Labute approximate surface area is 157 Å². The fraction of sp³-hybridized carbons (Fsp3) is 0.208. The Bertz CT molecular complexity index is 899. The molecule has 0 saturated heterocycles. The summed E-state index contributed by atoms with van der Waals surface area (Å²) >= 11 is 0. The van der Waals surface area contributed by atoms with E-state index in [1.54, 1.807) is 0 Å². The Balaban J connectivity index is 1.47. The molecule has 2 heteroatoms. The van der Waals surface area contributed by atoms with E-state index in [1.807, 2.05) is 18.2 Å². The van der Waals surface area contributed by atoms with E-state index in [9.17, 15) is 0 Å². The van der Waals surface area contributed by atoms with Crippen LogP contribution in [0.1, 0.15) is 36.8 Å². The summed E-state index contributed by atoms with van der Waals surface area (Å²) in [7, 11) is 6.33. The third-order valence-corrected chi connectivity index (χ3v) is 5.35. The molecule has 1 radical (unpaired) electrons. The fourth-order valence-corrected chi connectivity index (χ4v) is 3.65. The number of benzene rings is 3. The van der Waals surface area contributed by atoms with Gasteiger partial charge in [-0.1, -0.05) is 0 Å². The van der Waals surface area contributed by atoms with Gasteiger partial charge in [0, 0.05) is 0 Å². The summed E-state index contributed by atoms with van der Waals surface area (Å²) in [5.41, 5.74) is 6.53. The summed E-state index contributed by atoms with van der Waals surface area (Å²) in [6, 6.07) is 27.4. The van der Waals surface area contributed by atoms with Crippen LogP contribution in [0.25, 0.3) is 11.1 Å². The van der Waals surface area contributed by atoms with Crippen LogP contribution in [0.3, 0.4) is 0 Å². The van der Waals surface area contributed by atoms with Gasteiger partial charge < -0.3 is 0 Å². The molecule has 0 heterocycles. The monoisotopic (exact) mass is 336 g/mol. The van der Waals surface area contributed by atoms with Crippen molar-refractivity contribution in [3.05, 3.63) is 90.0 Å². The molecule has 0 aromatic heterocycles. The Kier molecular flexibility index (Phi) is 4.75. The quantitative estimate of drug-likeness (QED) is 0.576. The van der Waals surface area contributed by atoms with Crippen LogP contribution < -0.4 is 5.32 Å². The van der Waals surface area contributed by atoms with E-state index in [-0.39, 0.29) is 0 Å². The summed E-state index contributed by atoms with van der Waals surface area (Å²) in [5, 5.41) is 3.34. The van der Waals surface area contributed by atoms with Crippen molar-refractivity contribution in [3.63, 3.8) is 0 Å². The summed E-state index contributed by atoms with van der Waals surface area (Å²) < 4.78 is 0. The third-order valence-electron chi connectivity index (χ3n) is 5.35. The molecule has 0 bridgehead atoms. The SMILES string of the molecule is [B]=C(Nc1ccc([C@@H]2C[C@@H]2CC)cc1)c1cccc(-c2ccccc2)c1. The van der Waals surface area contributed by atoms with Crippen molar-refractivity contribution in [1.29, 1.82) is 0 Å². The normalized spacial score (nSPS) is 18.3. The molecule has 0 aliphatic heterocycles. The second kappa shape index (κ2) is 7.33. The zero-order chi connectivity index (χ0) is 17.9. The van der Waals surface area contributed by atoms with E-state index in [0.717, 1.165) is 23.1 Å². The second-order valence-electron chi connectivity index (χ2n) is 7.12. The van der Waals surface area contributed by atoms with Gasteiger partial charge in [-0.15, -0.1) is 0 Å². The molecule has 1 N–H and O–H groups in total. The van der Waals surface area contributed by atoms with E-state index in [4.69, 9.17) is 7.49 Å². The number of hydrogen-bond donors (Lipinski definition) is 1. The van der Waals surface area contributed by atoms with Crippen LogP contribution in [0, 0.1) is 5.92 Å². The first-order chi connectivity index (χ1) is 12.7. The zero-order valence-corrected chi connectivity index (χ0v) is 15.2. The number of hydrogen-bond acceptors (Lipinski definition) is 1. The molecule has 3 aromatic rings. The van der Waals surface area contributed by atoms with E-state index < -0.39 is 0 Å². The van der Waals surface area contributed by atoms with E-state index in [0.29, 0.717) is 5.59 Å². The first-order valence-corrected chi connectivity index (χ1v) is 9.40. The van der Waals surface area contributed by atoms with Crippen molar-refractivity contribution in [1.82, 2.24) is 0 Å². The van der Waals surface area contributed by atoms with Crippen LogP contribution in [-0.2, 0) is 0 Å². The summed E-state index contributed by atoms with van der Waals surface area (Å²) in [5.74, 6) is 1.64. The number of rotatable bonds is 6. The first-order valence-electron chi connectivity index (χ1n) is 9.40. The average molecular weight is 336 g/mol. The number of anilines is 1. The van der Waals surface area contributed by atoms with Gasteiger partial charge >= 0.3 is 157 Å². The molecule has 0 amide bonds. The van der Waals surface area contributed by atoms with Gasteiger partial charge in [0.15, 0.2) is 0 Å². The Morgan fingerprint density at radius 2 is 1.65 bits per heavy atom. The van der Waals surface area contributed by atoms with Crippen LogP contribution >= 0.6 is 0 Å². The first kappa shape index (κ1) is 16.8. The molecule has 3 aromatic carbocycles. The molecule has 1 aliphatic carbocycles. The standard InChI is InChI=1S/C24H23BN/c1-2-17-16-23(17)19-11-13-22(14-12-19)26-24(25)21-10-6-9-20(15-21)18-7-4-3-5-8-18/h3-15,17,23,26H,2,16H2,1H3/t17-,23+/m0/s1. The van der Waals surface area contributed by atoms with Gasteiger partial charge in [0.2, 0.25) is 0 Å². The van der Waals surface area contributed by atoms with Crippen molar-refractivity contribution in [2.24, 2.45) is 5.92 Å². The number of nitrogens with one attached hydrogen (secondary N) is 1. The van der Waals surface area contributed by atoms with Gasteiger partial charge in [-0.2, -0.15) is 0 Å². The van der Waals surface area contributed by atoms with Gasteiger partial charge in [0.1, 0.15) is 0 Å². The molecular formula is C24H23BN. The van der Waals surface area contributed by atoms with Crippen molar-refractivity contribution in [3.8, 4) is 11.1 Å². The molecular weight excluding hydrogens is 313 g/mol. The Morgan fingerprint density at radius 1 is 0.923 bits per heavy atom. The molecule has 0 unspecified atom stereocenters. The molecule has 26 heavy (non-hydrogen) atoms. The van der Waals surface area contributed by atoms with E-state index in [1.165, 1.54) is 29.5 Å². The van der Waals surface area contributed by atoms with Crippen molar-refractivity contribution >= 4 is 18.8 Å². The molecule has 1 saturated carbocycles. The summed E-state index contributed by atoms with van der Waals surface area (Å²) in [6.07, 6.45) is 2.62. The van der Waals surface area contributed by atoms with Gasteiger partial charge in [-0.3, -0.25) is 0 Å². The van der Waals surface area contributed by atoms with Gasteiger partial charge in [0.05, 0.1) is 0 Å². The molecule has 1 fully saturated rings.